The summed E-state index contributed by atoms with van der Waals surface area (Å²) >= 11 is 0. The summed E-state index contributed by atoms with van der Waals surface area (Å²) in [6.07, 6.45) is 26.8. The van der Waals surface area contributed by atoms with Crippen molar-refractivity contribution in [2.24, 2.45) is 0 Å². The second-order valence-electron chi connectivity index (χ2n) is 9.98. The summed E-state index contributed by atoms with van der Waals surface area (Å²) in [6, 6.07) is -0.656. The third-order valence-electron chi connectivity index (χ3n) is 6.80. The minimum atomic E-state index is -1.52. The van der Waals surface area contributed by atoms with E-state index in [0.29, 0.717) is 13.0 Å². The van der Waals surface area contributed by atoms with Crippen LogP contribution in [0.2, 0.25) is 0 Å². The SMILES string of the molecule is CCCCCCCCCCCCCCC(C(O)O)N([O-])CCCCCCCCCCCC. The Morgan fingerprint density at radius 3 is 1.16 bits per heavy atom. The van der Waals surface area contributed by atoms with Crippen LogP contribution in [0.15, 0.2) is 0 Å². The molecule has 194 valence electrons. The van der Waals surface area contributed by atoms with Gasteiger partial charge in [-0.3, -0.25) is 0 Å². The molecule has 0 fully saturated rings. The van der Waals surface area contributed by atoms with E-state index in [1.165, 1.54) is 116 Å². The highest BCUT2D eigenvalue weighted by atomic mass is 16.5. The maximum atomic E-state index is 12.3. The van der Waals surface area contributed by atoms with Gasteiger partial charge >= 0.3 is 0 Å². The van der Waals surface area contributed by atoms with E-state index in [1.54, 1.807) is 0 Å². The monoisotopic (exact) mass is 456 g/mol. The van der Waals surface area contributed by atoms with Gasteiger partial charge in [0, 0.05) is 6.04 Å². The fraction of sp³-hybridized carbons (Fsp3) is 1.00. The van der Waals surface area contributed by atoms with Gasteiger partial charge in [-0.05, 0) is 19.4 Å². The lowest BCUT2D eigenvalue weighted by Crippen LogP contribution is -2.40. The summed E-state index contributed by atoms with van der Waals surface area (Å²) in [6.45, 7) is 4.94. The van der Waals surface area contributed by atoms with Gasteiger partial charge in [-0.15, -0.1) is 0 Å². The first-order chi connectivity index (χ1) is 15.6. The molecule has 0 saturated heterocycles. The van der Waals surface area contributed by atoms with Crippen LogP contribution < -0.4 is 0 Å². The van der Waals surface area contributed by atoms with Crippen molar-refractivity contribution in [2.45, 2.75) is 174 Å². The molecule has 1 atom stereocenters. The predicted molar refractivity (Wildman–Crippen MR) is 140 cm³/mol. The highest BCUT2D eigenvalue weighted by Crippen LogP contribution is 2.17. The average Bonchev–Trinajstić information content (AvgIpc) is 2.77. The fourth-order valence-electron chi connectivity index (χ4n) is 4.56. The van der Waals surface area contributed by atoms with Crippen LogP contribution in [0.3, 0.4) is 0 Å². The van der Waals surface area contributed by atoms with Crippen molar-refractivity contribution < 1.29 is 10.2 Å². The van der Waals surface area contributed by atoms with Crippen molar-refractivity contribution in [1.82, 2.24) is 5.06 Å². The molecule has 32 heavy (non-hydrogen) atoms. The smallest absolute Gasteiger partial charge is 0.166 e. The predicted octanol–water partition coefficient (Wildman–Crippen LogP) is 8.48. The Kier molecular flexibility index (Phi) is 25.3. The number of rotatable bonds is 26. The topological polar surface area (TPSA) is 66.8 Å². The third-order valence-corrected chi connectivity index (χ3v) is 6.80. The van der Waals surface area contributed by atoms with E-state index in [1.807, 2.05) is 0 Å². The molecular formula is C28H58NO3-. The Morgan fingerprint density at radius 2 is 0.812 bits per heavy atom. The van der Waals surface area contributed by atoms with Crippen LogP contribution in [0.4, 0.5) is 0 Å². The maximum Gasteiger partial charge on any atom is 0.166 e. The number of aliphatic hydroxyl groups is 2. The van der Waals surface area contributed by atoms with Crippen LogP contribution >= 0.6 is 0 Å². The lowest BCUT2D eigenvalue weighted by atomic mass is 10.0. The van der Waals surface area contributed by atoms with Crippen LogP contribution in [0.5, 0.6) is 0 Å². The van der Waals surface area contributed by atoms with Crippen molar-refractivity contribution in [3.63, 3.8) is 0 Å². The second-order valence-corrected chi connectivity index (χ2v) is 9.98. The minimum absolute atomic E-state index is 0.428. The summed E-state index contributed by atoms with van der Waals surface area (Å²) in [4.78, 5) is 0. The van der Waals surface area contributed by atoms with Crippen molar-refractivity contribution in [3.8, 4) is 0 Å². The summed E-state index contributed by atoms with van der Waals surface area (Å²) in [5.41, 5.74) is 0. The first-order valence-corrected chi connectivity index (χ1v) is 14.4. The molecule has 0 aliphatic heterocycles. The molecule has 0 heterocycles. The second kappa shape index (κ2) is 25.5. The first kappa shape index (κ1) is 31.8. The molecule has 4 heteroatoms. The van der Waals surface area contributed by atoms with Gasteiger partial charge in [0.1, 0.15) is 0 Å². The molecule has 0 saturated carbocycles. The Labute approximate surface area is 201 Å². The van der Waals surface area contributed by atoms with Gasteiger partial charge in [-0.1, -0.05) is 149 Å². The molecule has 0 aliphatic rings. The van der Waals surface area contributed by atoms with Gasteiger partial charge < -0.3 is 20.5 Å². The number of aliphatic hydroxyl groups excluding tert-OH is 1. The van der Waals surface area contributed by atoms with Gasteiger partial charge in [0.25, 0.3) is 0 Å². The lowest BCUT2D eigenvalue weighted by Gasteiger charge is -2.38. The lowest BCUT2D eigenvalue weighted by molar-refractivity contribution is -0.0939. The zero-order valence-electron chi connectivity index (χ0n) is 21.9. The maximum absolute atomic E-state index is 12.3. The van der Waals surface area contributed by atoms with Crippen LogP contribution in [0.25, 0.3) is 0 Å². The van der Waals surface area contributed by atoms with E-state index in [4.69, 9.17) is 0 Å². The normalized spacial score (nSPS) is 12.8. The summed E-state index contributed by atoms with van der Waals surface area (Å²) < 4.78 is 0. The summed E-state index contributed by atoms with van der Waals surface area (Å²) in [7, 11) is 0. The van der Waals surface area contributed by atoms with Gasteiger partial charge in [-0.2, -0.15) is 0 Å². The standard InChI is InChI=1S/C28H58NO3/c1-3-5-7-9-11-13-15-16-17-19-21-23-25-27(28(30)31)29(32)26-24-22-20-18-14-12-10-8-6-4-2/h27-28,30-31H,3-26H2,1-2H3/q-1. The van der Waals surface area contributed by atoms with E-state index < -0.39 is 12.3 Å². The van der Waals surface area contributed by atoms with Gasteiger partial charge in [0.15, 0.2) is 6.29 Å². The van der Waals surface area contributed by atoms with Gasteiger partial charge in [-0.25, -0.2) is 0 Å². The Balaban J connectivity index is 3.59. The molecule has 2 N–H and O–H groups in total. The molecule has 0 amide bonds. The van der Waals surface area contributed by atoms with Crippen molar-refractivity contribution in [2.75, 3.05) is 6.54 Å². The largest absolute Gasteiger partial charge is 0.785 e. The number of hydrogen-bond acceptors (Lipinski definition) is 4. The molecule has 0 aliphatic carbocycles. The van der Waals surface area contributed by atoms with Crippen LogP contribution in [-0.2, 0) is 0 Å². The molecule has 4 nitrogen and oxygen atoms in total. The van der Waals surface area contributed by atoms with Crippen LogP contribution in [-0.4, -0.2) is 34.2 Å². The fourth-order valence-corrected chi connectivity index (χ4v) is 4.56. The Hall–Kier alpha value is -0.160. The summed E-state index contributed by atoms with van der Waals surface area (Å²) in [5.74, 6) is 0. The van der Waals surface area contributed by atoms with Gasteiger partial charge in [0.2, 0.25) is 0 Å². The highest BCUT2D eigenvalue weighted by molar-refractivity contribution is 4.74. The summed E-state index contributed by atoms with van der Waals surface area (Å²) in [5, 5.41) is 32.6. The molecule has 0 aromatic rings. The molecule has 1 unspecified atom stereocenters. The molecule has 0 radical (unpaired) electrons. The first-order valence-electron chi connectivity index (χ1n) is 14.4. The minimum Gasteiger partial charge on any atom is -0.785 e. The van der Waals surface area contributed by atoms with E-state index in [9.17, 15) is 15.4 Å². The Bertz CT molecular complexity index is 352. The third kappa shape index (κ3) is 21.7. The molecule has 0 rings (SSSR count). The highest BCUT2D eigenvalue weighted by Gasteiger charge is 2.17. The molecule has 0 spiro atoms. The van der Waals surface area contributed by atoms with Gasteiger partial charge in [0.05, 0.1) is 0 Å². The van der Waals surface area contributed by atoms with E-state index in [0.717, 1.165) is 30.7 Å². The molecule has 0 aromatic heterocycles. The van der Waals surface area contributed by atoms with Crippen LogP contribution in [0, 0.1) is 5.21 Å². The van der Waals surface area contributed by atoms with E-state index >= 15 is 0 Å². The molecule has 0 aromatic carbocycles. The number of nitrogens with zero attached hydrogens (tertiary/aromatic N) is 1. The van der Waals surface area contributed by atoms with Crippen molar-refractivity contribution >= 4 is 0 Å². The zero-order chi connectivity index (χ0) is 23.7. The molecular weight excluding hydrogens is 398 g/mol. The number of hydroxylamine groups is 2. The average molecular weight is 457 g/mol. The Morgan fingerprint density at radius 1 is 0.500 bits per heavy atom. The van der Waals surface area contributed by atoms with E-state index in [-0.39, 0.29) is 0 Å². The van der Waals surface area contributed by atoms with E-state index in [2.05, 4.69) is 13.8 Å². The zero-order valence-corrected chi connectivity index (χ0v) is 21.9. The number of unbranched alkanes of at least 4 members (excludes halogenated alkanes) is 20. The van der Waals surface area contributed by atoms with Crippen LogP contribution in [0.1, 0.15) is 162 Å². The quantitative estimate of drug-likeness (QED) is 0.0778. The van der Waals surface area contributed by atoms with Crippen molar-refractivity contribution in [3.05, 3.63) is 5.21 Å². The van der Waals surface area contributed by atoms with Crippen molar-refractivity contribution in [1.29, 1.82) is 0 Å². The number of hydrogen-bond donors (Lipinski definition) is 2. The molecule has 0 bridgehead atoms.